The molecule has 1 aliphatic heterocycles. The van der Waals surface area contributed by atoms with E-state index >= 15 is 0 Å². The van der Waals surface area contributed by atoms with Crippen LogP contribution in [0.4, 0.5) is 8.78 Å². The number of hydrogen-bond acceptors (Lipinski definition) is 4. The monoisotopic (exact) mass is 411 g/mol. The van der Waals surface area contributed by atoms with Gasteiger partial charge >= 0.3 is 6.61 Å². The molecule has 156 valence electrons. The van der Waals surface area contributed by atoms with E-state index in [0.29, 0.717) is 17.0 Å². The summed E-state index contributed by atoms with van der Waals surface area (Å²) in [6.45, 7) is -2.90. The second kappa shape index (κ2) is 6.79. The Hall–Kier alpha value is -2.96. The number of likely N-dealkylation sites (N-methyl/N-ethyl adjacent to an activating group) is 1. The molecule has 0 radical (unpaired) electrons. The maximum atomic E-state index is 13.5. The van der Waals surface area contributed by atoms with E-state index < -0.39 is 12.2 Å². The molecule has 2 N–H and O–H groups in total. The van der Waals surface area contributed by atoms with E-state index in [1.54, 1.807) is 19.2 Å². The molecule has 2 fully saturated rings. The van der Waals surface area contributed by atoms with Gasteiger partial charge in [0, 0.05) is 7.05 Å². The van der Waals surface area contributed by atoms with E-state index in [4.69, 9.17) is 10.5 Å². The van der Waals surface area contributed by atoms with Crippen LogP contribution < -0.4 is 10.5 Å². The highest BCUT2D eigenvalue weighted by Crippen LogP contribution is 2.49. The fourth-order valence-electron chi connectivity index (χ4n) is 4.31. The molecule has 1 unspecified atom stereocenters. The maximum Gasteiger partial charge on any atom is 0.387 e. The molecule has 30 heavy (non-hydrogen) atoms. The highest BCUT2D eigenvalue weighted by molar-refractivity contribution is 6.09. The van der Waals surface area contributed by atoms with E-state index in [1.165, 1.54) is 16.5 Å². The predicted octanol–water partition coefficient (Wildman–Crippen LogP) is 4.07. The van der Waals surface area contributed by atoms with Gasteiger partial charge in [-0.15, -0.1) is 0 Å². The SMILES string of the molecule is CN1C(=O)C(c2cccc(C3CC3)c2)(c2ccc(OC(F)F)c(C3CC3)c2)N=C1N. The summed E-state index contributed by atoms with van der Waals surface area (Å²) in [6, 6.07) is 12.9. The fraction of sp³-hybridized carbons (Fsp3) is 0.391. The van der Waals surface area contributed by atoms with Gasteiger partial charge in [0.05, 0.1) is 0 Å². The Balaban J connectivity index is 1.68. The Morgan fingerprint density at radius 2 is 1.80 bits per heavy atom. The summed E-state index contributed by atoms with van der Waals surface area (Å²) < 4.78 is 30.5. The van der Waals surface area contributed by atoms with Gasteiger partial charge in [0.25, 0.3) is 5.91 Å². The summed E-state index contributed by atoms with van der Waals surface area (Å²) in [5, 5.41) is 0. The summed E-state index contributed by atoms with van der Waals surface area (Å²) >= 11 is 0. The highest BCUT2D eigenvalue weighted by atomic mass is 19.3. The number of nitrogens with two attached hydrogens (primary N) is 1. The van der Waals surface area contributed by atoms with E-state index in [2.05, 4.69) is 11.1 Å². The number of alkyl halides is 2. The van der Waals surface area contributed by atoms with Crippen molar-refractivity contribution in [3.63, 3.8) is 0 Å². The molecule has 0 bridgehead atoms. The van der Waals surface area contributed by atoms with Crippen LogP contribution in [0.5, 0.6) is 5.75 Å². The van der Waals surface area contributed by atoms with Crippen molar-refractivity contribution in [1.29, 1.82) is 0 Å². The Bertz CT molecular complexity index is 1050. The number of carbonyl (C=O) groups is 1. The van der Waals surface area contributed by atoms with Gasteiger partial charge in [0.1, 0.15) is 5.75 Å². The first-order valence-corrected chi connectivity index (χ1v) is 10.2. The minimum Gasteiger partial charge on any atom is -0.435 e. The molecule has 1 amide bonds. The minimum atomic E-state index is -2.90. The summed E-state index contributed by atoms with van der Waals surface area (Å²) in [5.41, 5.74) is 7.99. The zero-order chi connectivity index (χ0) is 21.0. The molecule has 2 aliphatic carbocycles. The van der Waals surface area contributed by atoms with Gasteiger partial charge in [0.2, 0.25) is 0 Å². The topological polar surface area (TPSA) is 67.9 Å². The molecule has 5 nitrogen and oxygen atoms in total. The molecule has 0 spiro atoms. The first kappa shape index (κ1) is 19.0. The van der Waals surface area contributed by atoms with E-state index in [0.717, 1.165) is 31.2 Å². The van der Waals surface area contributed by atoms with Crippen LogP contribution in [0.25, 0.3) is 0 Å². The maximum absolute atomic E-state index is 13.5. The fourth-order valence-corrected chi connectivity index (χ4v) is 4.31. The van der Waals surface area contributed by atoms with Crippen molar-refractivity contribution in [3.8, 4) is 5.75 Å². The molecule has 2 aromatic rings. The number of guanidine groups is 1. The minimum absolute atomic E-state index is 0.137. The molecule has 2 saturated carbocycles. The average Bonchev–Trinajstić information content (AvgIpc) is 3.63. The van der Waals surface area contributed by atoms with Crippen molar-refractivity contribution >= 4 is 11.9 Å². The van der Waals surface area contributed by atoms with Gasteiger partial charge in [-0.1, -0.05) is 30.3 Å². The predicted molar refractivity (Wildman–Crippen MR) is 109 cm³/mol. The summed E-state index contributed by atoms with van der Waals surface area (Å²) in [5.74, 6) is 0.717. The van der Waals surface area contributed by atoms with Gasteiger partial charge in [0.15, 0.2) is 11.5 Å². The molecular weight excluding hydrogens is 388 g/mol. The smallest absolute Gasteiger partial charge is 0.387 e. The third kappa shape index (κ3) is 3.04. The van der Waals surface area contributed by atoms with Crippen LogP contribution >= 0.6 is 0 Å². The third-order valence-corrected chi connectivity index (χ3v) is 6.25. The standard InChI is InChI=1S/C23H23F2N3O2/c1-28-20(29)23(27-22(28)26,16-4-2-3-15(11-16)13-5-6-13)17-9-10-19(30-21(24)25)18(12-17)14-7-8-14/h2-4,9-14,21H,5-8H2,1H3,(H2,26,27). The molecule has 0 saturated heterocycles. The molecule has 2 aromatic carbocycles. The quantitative estimate of drug-likeness (QED) is 0.779. The van der Waals surface area contributed by atoms with Crippen LogP contribution in [0.1, 0.15) is 59.8 Å². The molecule has 7 heteroatoms. The molecule has 1 heterocycles. The van der Waals surface area contributed by atoms with Crippen LogP contribution in [-0.4, -0.2) is 30.4 Å². The largest absolute Gasteiger partial charge is 0.435 e. The lowest BCUT2D eigenvalue weighted by Gasteiger charge is -2.27. The number of benzene rings is 2. The second-order valence-electron chi connectivity index (χ2n) is 8.35. The Kier molecular flexibility index (Phi) is 4.31. The average molecular weight is 411 g/mol. The number of amides is 1. The van der Waals surface area contributed by atoms with Crippen molar-refractivity contribution in [2.75, 3.05) is 7.05 Å². The van der Waals surface area contributed by atoms with Gasteiger partial charge in [-0.05, 0) is 71.9 Å². The van der Waals surface area contributed by atoms with Crippen LogP contribution in [0, 0.1) is 0 Å². The molecule has 3 aliphatic rings. The van der Waals surface area contributed by atoms with Gasteiger partial charge in [-0.25, -0.2) is 4.99 Å². The van der Waals surface area contributed by atoms with Crippen LogP contribution in [-0.2, 0) is 10.3 Å². The first-order valence-electron chi connectivity index (χ1n) is 10.2. The zero-order valence-corrected chi connectivity index (χ0v) is 16.6. The number of nitrogens with zero attached hydrogens (tertiary/aromatic N) is 2. The van der Waals surface area contributed by atoms with Crippen molar-refractivity contribution in [2.24, 2.45) is 10.7 Å². The van der Waals surface area contributed by atoms with Crippen LogP contribution in [0.3, 0.4) is 0 Å². The van der Waals surface area contributed by atoms with Gasteiger partial charge in [-0.3, -0.25) is 9.69 Å². The Morgan fingerprint density at radius 3 is 2.40 bits per heavy atom. The van der Waals surface area contributed by atoms with Crippen molar-refractivity contribution in [3.05, 3.63) is 64.7 Å². The zero-order valence-electron chi connectivity index (χ0n) is 16.6. The van der Waals surface area contributed by atoms with E-state index in [-0.39, 0.29) is 23.5 Å². The lowest BCUT2D eigenvalue weighted by molar-refractivity contribution is -0.129. The Labute approximate surface area is 173 Å². The summed E-state index contributed by atoms with van der Waals surface area (Å²) in [7, 11) is 1.60. The second-order valence-corrected chi connectivity index (χ2v) is 8.35. The normalized spacial score (nSPS) is 23.8. The third-order valence-electron chi connectivity index (χ3n) is 6.25. The number of ether oxygens (including phenoxy) is 1. The van der Waals surface area contributed by atoms with Crippen molar-refractivity contribution in [1.82, 2.24) is 4.90 Å². The number of hydrogen-bond donors (Lipinski definition) is 1. The molecular formula is C23H23F2N3O2. The van der Waals surface area contributed by atoms with Crippen molar-refractivity contribution in [2.45, 2.75) is 49.7 Å². The summed E-state index contributed by atoms with van der Waals surface area (Å²) in [6.07, 6.45) is 4.10. The van der Waals surface area contributed by atoms with E-state index in [1.807, 2.05) is 18.2 Å². The van der Waals surface area contributed by atoms with Crippen LogP contribution in [0.15, 0.2) is 47.5 Å². The van der Waals surface area contributed by atoms with Gasteiger partial charge in [-0.2, -0.15) is 8.78 Å². The first-order chi connectivity index (χ1) is 14.4. The summed E-state index contributed by atoms with van der Waals surface area (Å²) in [4.78, 5) is 19.5. The molecule has 5 rings (SSSR count). The molecule has 1 atom stereocenters. The highest BCUT2D eigenvalue weighted by Gasteiger charge is 2.50. The number of carbonyl (C=O) groups excluding carboxylic acids is 1. The van der Waals surface area contributed by atoms with Crippen molar-refractivity contribution < 1.29 is 18.3 Å². The molecule has 0 aromatic heterocycles. The lowest BCUT2D eigenvalue weighted by Crippen LogP contribution is -2.41. The Morgan fingerprint density at radius 1 is 1.10 bits per heavy atom. The number of rotatable bonds is 6. The lowest BCUT2D eigenvalue weighted by atomic mass is 9.81. The number of aliphatic imine (C=N–C) groups is 1. The van der Waals surface area contributed by atoms with Gasteiger partial charge < -0.3 is 10.5 Å². The number of halogens is 2. The van der Waals surface area contributed by atoms with Crippen LogP contribution in [0.2, 0.25) is 0 Å². The van der Waals surface area contributed by atoms with E-state index in [9.17, 15) is 13.6 Å².